The molecule has 0 heterocycles. The summed E-state index contributed by atoms with van der Waals surface area (Å²) in [6, 6.07) is 11.4. The number of halogens is 4. The summed E-state index contributed by atoms with van der Waals surface area (Å²) in [5, 5.41) is 5.56. The smallest absolute Gasteiger partial charge is 0.0653 e. The molecule has 2 aromatic rings. The van der Waals surface area contributed by atoms with E-state index in [0.717, 1.165) is 17.1 Å². The van der Waals surface area contributed by atoms with Gasteiger partial charge in [0.25, 0.3) is 0 Å². The summed E-state index contributed by atoms with van der Waals surface area (Å²) in [5.74, 6) is 0. The van der Waals surface area contributed by atoms with E-state index in [1.54, 1.807) is 12.1 Å². The molecule has 0 saturated carbocycles. The first-order valence-electron chi connectivity index (χ1n) is 6.11. The van der Waals surface area contributed by atoms with Crippen molar-refractivity contribution in [2.75, 3.05) is 5.32 Å². The van der Waals surface area contributed by atoms with E-state index >= 15 is 0 Å². The van der Waals surface area contributed by atoms with Crippen molar-refractivity contribution in [3.63, 3.8) is 0 Å². The summed E-state index contributed by atoms with van der Waals surface area (Å²) < 4.78 is 0. The Labute approximate surface area is 138 Å². The van der Waals surface area contributed by atoms with E-state index in [1.165, 1.54) is 5.56 Å². The van der Waals surface area contributed by atoms with Gasteiger partial charge in [0.15, 0.2) is 0 Å². The Bertz CT molecular complexity index is 596. The van der Waals surface area contributed by atoms with Crippen molar-refractivity contribution < 1.29 is 0 Å². The zero-order valence-electron chi connectivity index (χ0n) is 10.8. The van der Waals surface area contributed by atoms with Crippen molar-refractivity contribution in [3.05, 3.63) is 62.1 Å². The maximum Gasteiger partial charge on any atom is 0.0653 e. The van der Waals surface area contributed by atoms with Gasteiger partial charge in [-0.25, -0.2) is 0 Å². The van der Waals surface area contributed by atoms with Crippen LogP contribution in [0.2, 0.25) is 20.1 Å². The number of hydrogen-bond acceptors (Lipinski definition) is 1. The van der Waals surface area contributed by atoms with Gasteiger partial charge < -0.3 is 5.32 Å². The highest BCUT2D eigenvalue weighted by molar-refractivity contribution is 6.44. The van der Waals surface area contributed by atoms with E-state index in [1.807, 2.05) is 24.3 Å². The molecule has 106 valence electrons. The van der Waals surface area contributed by atoms with E-state index in [0.29, 0.717) is 15.1 Å². The van der Waals surface area contributed by atoms with Crippen LogP contribution in [0.3, 0.4) is 0 Å². The van der Waals surface area contributed by atoms with Crippen LogP contribution in [-0.4, -0.2) is 6.04 Å². The first-order chi connectivity index (χ1) is 9.45. The second-order valence-electron chi connectivity index (χ2n) is 4.62. The van der Waals surface area contributed by atoms with Crippen molar-refractivity contribution in [2.24, 2.45) is 0 Å². The molecule has 0 aliphatic rings. The Kier molecular flexibility index (Phi) is 5.45. The molecule has 0 radical (unpaired) electrons. The van der Waals surface area contributed by atoms with Crippen LogP contribution in [0.5, 0.6) is 0 Å². The fourth-order valence-corrected chi connectivity index (χ4v) is 2.65. The van der Waals surface area contributed by atoms with Gasteiger partial charge in [-0.05, 0) is 43.2 Å². The first-order valence-corrected chi connectivity index (χ1v) is 7.62. The zero-order valence-corrected chi connectivity index (χ0v) is 13.8. The normalized spacial score (nSPS) is 12.2. The summed E-state index contributed by atoms with van der Waals surface area (Å²) in [6.07, 6.45) is 0.855. The minimum absolute atomic E-state index is 0.200. The molecule has 1 atom stereocenters. The molecule has 1 nitrogen and oxygen atoms in total. The van der Waals surface area contributed by atoms with Gasteiger partial charge in [0, 0.05) is 11.1 Å². The third kappa shape index (κ3) is 4.20. The van der Waals surface area contributed by atoms with Gasteiger partial charge in [-0.1, -0.05) is 58.5 Å². The molecule has 1 unspecified atom stereocenters. The quantitative estimate of drug-likeness (QED) is 0.635. The lowest BCUT2D eigenvalue weighted by molar-refractivity contribution is 0.790. The number of hydrogen-bond donors (Lipinski definition) is 1. The Balaban J connectivity index is 2.06. The molecule has 1 N–H and O–H groups in total. The van der Waals surface area contributed by atoms with E-state index in [-0.39, 0.29) is 6.04 Å². The van der Waals surface area contributed by atoms with Gasteiger partial charge in [-0.15, -0.1) is 0 Å². The Morgan fingerprint density at radius 2 is 1.50 bits per heavy atom. The standard InChI is InChI=1S/C15H13Cl4N/c1-9(6-10-2-4-11(16)5-3-10)20-15-8-13(18)12(17)7-14(15)19/h2-5,7-9,20H,6H2,1H3. The van der Waals surface area contributed by atoms with E-state index in [9.17, 15) is 0 Å². The molecule has 20 heavy (non-hydrogen) atoms. The van der Waals surface area contributed by atoms with Gasteiger partial charge >= 0.3 is 0 Å². The van der Waals surface area contributed by atoms with E-state index in [4.69, 9.17) is 46.4 Å². The molecule has 0 bridgehead atoms. The van der Waals surface area contributed by atoms with Crippen molar-refractivity contribution >= 4 is 52.1 Å². The van der Waals surface area contributed by atoms with Crippen molar-refractivity contribution in [1.82, 2.24) is 0 Å². The van der Waals surface area contributed by atoms with E-state index in [2.05, 4.69) is 12.2 Å². The summed E-state index contributed by atoms with van der Waals surface area (Å²) >= 11 is 23.9. The third-order valence-corrected chi connectivity index (χ3v) is 4.15. The molecule has 2 rings (SSSR count). The average molecular weight is 349 g/mol. The Morgan fingerprint density at radius 1 is 0.900 bits per heavy atom. The molecular weight excluding hydrogens is 336 g/mol. The van der Waals surface area contributed by atoms with Gasteiger partial charge in [0.1, 0.15) is 0 Å². The molecule has 0 aliphatic carbocycles. The number of anilines is 1. The van der Waals surface area contributed by atoms with Crippen LogP contribution in [0.4, 0.5) is 5.69 Å². The van der Waals surface area contributed by atoms with Crippen LogP contribution in [-0.2, 0) is 6.42 Å². The van der Waals surface area contributed by atoms with Gasteiger partial charge in [0.05, 0.1) is 20.8 Å². The zero-order chi connectivity index (χ0) is 14.7. The monoisotopic (exact) mass is 347 g/mol. The van der Waals surface area contributed by atoms with E-state index < -0.39 is 0 Å². The highest BCUT2D eigenvalue weighted by Crippen LogP contribution is 2.32. The maximum atomic E-state index is 6.15. The van der Waals surface area contributed by atoms with Crippen molar-refractivity contribution in [2.45, 2.75) is 19.4 Å². The Hall–Kier alpha value is -0.600. The molecule has 0 saturated heterocycles. The fraction of sp³-hybridized carbons (Fsp3) is 0.200. The maximum absolute atomic E-state index is 6.15. The highest BCUT2D eigenvalue weighted by Gasteiger charge is 2.09. The lowest BCUT2D eigenvalue weighted by atomic mass is 10.1. The average Bonchev–Trinajstić information content (AvgIpc) is 2.39. The summed E-state index contributed by atoms with van der Waals surface area (Å²) in [6.45, 7) is 2.08. The third-order valence-electron chi connectivity index (χ3n) is 2.87. The Morgan fingerprint density at radius 3 is 2.15 bits per heavy atom. The van der Waals surface area contributed by atoms with Gasteiger partial charge in [0.2, 0.25) is 0 Å². The van der Waals surface area contributed by atoms with Crippen LogP contribution in [0.15, 0.2) is 36.4 Å². The van der Waals surface area contributed by atoms with Crippen molar-refractivity contribution in [3.8, 4) is 0 Å². The van der Waals surface area contributed by atoms with Crippen LogP contribution in [0, 0.1) is 0 Å². The van der Waals surface area contributed by atoms with Crippen LogP contribution in [0.1, 0.15) is 12.5 Å². The minimum Gasteiger partial charge on any atom is -0.381 e. The second kappa shape index (κ2) is 6.91. The van der Waals surface area contributed by atoms with Gasteiger partial charge in [-0.2, -0.15) is 0 Å². The van der Waals surface area contributed by atoms with Crippen molar-refractivity contribution in [1.29, 1.82) is 0 Å². The molecule has 0 fully saturated rings. The SMILES string of the molecule is CC(Cc1ccc(Cl)cc1)Nc1cc(Cl)c(Cl)cc1Cl. The first kappa shape index (κ1) is 15.8. The number of rotatable bonds is 4. The second-order valence-corrected chi connectivity index (χ2v) is 6.28. The van der Waals surface area contributed by atoms with Crippen LogP contribution in [0.25, 0.3) is 0 Å². The predicted molar refractivity (Wildman–Crippen MR) is 89.7 cm³/mol. The molecule has 5 heteroatoms. The minimum atomic E-state index is 0.200. The molecule has 0 amide bonds. The number of benzene rings is 2. The fourth-order valence-electron chi connectivity index (χ4n) is 1.92. The lowest BCUT2D eigenvalue weighted by Gasteiger charge is -2.17. The van der Waals surface area contributed by atoms with Gasteiger partial charge in [-0.3, -0.25) is 0 Å². The molecule has 0 aromatic heterocycles. The molecule has 2 aromatic carbocycles. The summed E-state index contributed by atoms with van der Waals surface area (Å²) in [5.41, 5.74) is 1.98. The van der Waals surface area contributed by atoms with Crippen LogP contribution < -0.4 is 5.32 Å². The molecule has 0 aliphatic heterocycles. The van der Waals surface area contributed by atoms with Crippen LogP contribution >= 0.6 is 46.4 Å². The number of nitrogens with one attached hydrogen (secondary N) is 1. The summed E-state index contributed by atoms with van der Waals surface area (Å²) in [4.78, 5) is 0. The lowest BCUT2D eigenvalue weighted by Crippen LogP contribution is -2.18. The predicted octanol–water partition coefficient (Wildman–Crippen LogP) is 6.34. The molecule has 0 spiro atoms. The summed E-state index contributed by atoms with van der Waals surface area (Å²) in [7, 11) is 0. The molecular formula is C15H13Cl4N. The highest BCUT2D eigenvalue weighted by atomic mass is 35.5. The largest absolute Gasteiger partial charge is 0.381 e. The topological polar surface area (TPSA) is 12.0 Å².